The molecular formula is C13H21NO2. The van der Waals surface area contributed by atoms with Gasteiger partial charge in [0.05, 0.1) is 0 Å². The third-order valence-electron chi connectivity index (χ3n) is 2.94. The van der Waals surface area contributed by atoms with Gasteiger partial charge in [-0.15, -0.1) is 0 Å². The van der Waals surface area contributed by atoms with Crippen LogP contribution >= 0.6 is 0 Å². The Bertz CT molecular complexity index is 322. The molecule has 3 nitrogen and oxygen atoms in total. The zero-order chi connectivity index (χ0) is 12.0. The lowest BCUT2D eigenvalue weighted by molar-refractivity contribution is -0.137. The van der Waals surface area contributed by atoms with Crippen LogP contribution in [0.4, 0.5) is 0 Å². The highest BCUT2D eigenvalue weighted by molar-refractivity contribution is 5.66. The monoisotopic (exact) mass is 223 g/mol. The maximum Gasteiger partial charge on any atom is 0.303 e. The van der Waals surface area contributed by atoms with Gasteiger partial charge in [-0.2, -0.15) is 0 Å². The Morgan fingerprint density at radius 2 is 1.69 bits per heavy atom. The van der Waals surface area contributed by atoms with E-state index < -0.39 is 5.97 Å². The van der Waals surface area contributed by atoms with Gasteiger partial charge >= 0.3 is 5.97 Å². The topological polar surface area (TPSA) is 42.2 Å². The molecule has 0 spiro atoms. The molecule has 0 radical (unpaired) electrons. The van der Waals surface area contributed by atoms with Crippen molar-refractivity contribution in [1.82, 2.24) is 4.57 Å². The lowest BCUT2D eigenvalue weighted by Gasteiger charge is -2.08. The molecule has 0 saturated heterocycles. The molecule has 1 N–H and O–H groups in total. The van der Waals surface area contributed by atoms with Crippen LogP contribution in [0.3, 0.4) is 0 Å². The van der Waals surface area contributed by atoms with Crippen LogP contribution in [0.25, 0.3) is 0 Å². The predicted molar refractivity (Wildman–Crippen MR) is 64.6 cm³/mol. The van der Waals surface area contributed by atoms with Crippen molar-refractivity contribution in [3.8, 4) is 0 Å². The van der Waals surface area contributed by atoms with Crippen molar-refractivity contribution in [3.63, 3.8) is 0 Å². The first kappa shape index (κ1) is 12.8. The Labute approximate surface area is 97.1 Å². The Kier molecular flexibility index (Phi) is 5.09. The van der Waals surface area contributed by atoms with Gasteiger partial charge in [-0.05, 0) is 38.8 Å². The molecule has 90 valence electrons. The van der Waals surface area contributed by atoms with Gasteiger partial charge in [0, 0.05) is 24.4 Å². The lowest BCUT2D eigenvalue weighted by Crippen LogP contribution is -2.02. The fourth-order valence-electron chi connectivity index (χ4n) is 1.95. The highest BCUT2D eigenvalue weighted by Crippen LogP contribution is 2.10. The molecule has 1 aromatic heterocycles. The van der Waals surface area contributed by atoms with Crippen LogP contribution in [0.2, 0.25) is 0 Å². The highest BCUT2D eigenvalue weighted by Gasteiger charge is 2.00. The normalized spacial score (nSPS) is 10.6. The number of nitrogens with zero attached hydrogens (tertiary/aromatic N) is 1. The zero-order valence-electron chi connectivity index (χ0n) is 10.2. The first-order chi connectivity index (χ1) is 7.61. The summed E-state index contributed by atoms with van der Waals surface area (Å²) in [5.74, 6) is -0.683. The standard InChI is InChI=1S/C13H21NO2/c1-11-8-9-12(2)14(11)10-6-4-3-5-7-13(15)16/h8-9H,3-7,10H2,1-2H3,(H,15,16). The van der Waals surface area contributed by atoms with E-state index in [1.807, 2.05) is 0 Å². The van der Waals surface area contributed by atoms with Crippen molar-refractivity contribution in [3.05, 3.63) is 23.5 Å². The van der Waals surface area contributed by atoms with Crippen molar-refractivity contribution in [2.75, 3.05) is 0 Å². The molecule has 0 amide bonds. The van der Waals surface area contributed by atoms with E-state index in [0.717, 1.165) is 32.2 Å². The van der Waals surface area contributed by atoms with Crippen molar-refractivity contribution < 1.29 is 9.90 Å². The van der Waals surface area contributed by atoms with Crippen LogP contribution in [0.5, 0.6) is 0 Å². The van der Waals surface area contributed by atoms with E-state index in [9.17, 15) is 4.79 Å². The number of hydrogen-bond donors (Lipinski definition) is 1. The molecule has 1 rings (SSSR count). The maximum absolute atomic E-state index is 10.3. The molecule has 16 heavy (non-hydrogen) atoms. The predicted octanol–water partition coefficient (Wildman–Crippen LogP) is 3.14. The third kappa shape index (κ3) is 4.09. The van der Waals surface area contributed by atoms with Crippen molar-refractivity contribution >= 4 is 5.97 Å². The van der Waals surface area contributed by atoms with Gasteiger partial charge in [0.2, 0.25) is 0 Å². The van der Waals surface area contributed by atoms with Crippen LogP contribution in [-0.4, -0.2) is 15.6 Å². The molecule has 0 aromatic carbocycles. The van der Waals surface area contributed by atoms with Crippen molar-refractivity contribution in [2.45, 2.75) is 52.5 Å². The summed E-state index contributed by atoms with van der Waals surface area (Å²) in [4.78, 5) is 10.3. The highest BCUT2D eigenvalue weighted by atomic mass is 16.4. The van der Waals surface area contributed by atoms with E-state index in [2.05, 4.69) is 30.5 Å². The molecule has 1 aromatic rings. The number of hydrogen-bond acceptors (Lipinski definition) is 1. The fourth-order valence-corrected chi connectivity index (χ4v) is 1.95. The quantitative estimate of drug-likeness (QED) is 0.721. The van der Waals surface area contributed by atoms with Gasteiger partial charge in [-0.3, -0.25) is 4.79 Å². The molecule has 0 atom stereocenters. The molecule has 0 aliphatic carbocycles. The van der Waals surface area contributed by atoms with Gasteiger partial charge < -0.3 is 9.67 Å². The molecule has 0 fully saturated rings. The van der Waals surface area contributed by atoms with E-state index in [4.69, 9.17) is 5.11 Å². The fraction of sp³-hybridized carbons (Fsp3) is 0.615. The number of aliphatic carboxylic acids is 1. The van der Waals surface area contributed by atoms with Gasteiger partial charge in [0.15, 0.2) is 0 Å². The average molecular weight is 223 g/mol. The van der Waals surface area contributed by atoms with E-state index in [-0.39, 0.29) is 0 Å². The molecule has 0 unspecified atom stereocenters. The number of aryl methyl sites for hydroxylation is 2. The summed E-state index contributed by atoms with van der Waals surface area (Å²) in [7, 11) is 0. The van der Waals surface area contributed by atoms with Crippen molar-refractivity contribution in [1.29, 1.82) is 0 Å². The number of rotatable bonds is 7. The van der Waals surface area contributed by atoms with E-state index >= 15 is 0 Å². The van der Waals surface area contributed by atoms with Gasteiger partial charge in [0.25, 0.3) is 0 Å². The van der Waals surface area contributed by atoms with E-state index in [0.29, 0.717) is 6.42 Å². The first-order valence-corrected chi connectivity index (χ1v) is 5.96. The lowest BCUT2D eigenvalue weighted by atomic mass is 10.1. The van der Waals surface area contributed by atoms with Crippen LogP contribution < -0.4 is 0 Å². The second-order valence-corrected chi connectivity index (χ2v) is 4.33. The molecule has 0 aliphatic rings. The second kappa shape index (κ2) is 6.36. The first-order valence-electron chi connectivity index (χ1n) is 5.96. The number of unbranched alkanes of at least 4 members (excludes halogenated alkanes) is 3. The van der Waals surface area contributed by atoms with Gasteiger partial charge in [-0.25, -0.2) is 0 Å². The SMILES string of the molecule is Cc1ccc(C)n1CCCCCCC(=O)O. The Hall–Kier alpha value is -1.25. The van der Waals surface area contributed by atoms with E-state index in [1.54, 1.807) is 0 Å². The van der Waals surface area contributed by atoms with Gasteiger partial charge in [0.1, 0.15) is 0 Å². The van der Waals surface area contributed by atoms with Crippen molar-refractivity contribution in [2.24, 2.45) is 0 Å². The molecule has 0 saturated carbocycles. The minimum absolute atomic E-state index is 0.307. The zero-order valence-corrected chi connectivity index (χ0v) is 10.2. The third-order valence-corrected chi connectivity index (χ3v) is 2.94. The Morgan fingerprint density at radius 1 is 1.12 bits per heavy atom. The second-order valence-electron chi connectivity index (χ2n) is 4.33. The van der Waals surface area contributed by atoms with Crippen LogP contribution in [0.15, 0.2) is 12.1 Å². The summed E-state index contributed by atoms with van der Waals surface area (Å²) < 4.78 is 2.32. The summed E-state index contributed by atoms with van der Waals surface area (Å²) in [6.45, 7) is 5.30. The summed E-state index contributed by atoms with van der Waals surface area (Å²) in [6.07, 6.45) is 4.38. The largest absolute Gasteiger partial charge is 0.481 e. The summed E-state index contributed by atoms with van der Waals surface area (Å²) in [6, 6.07) is 4.28. The minimum Gasteiger partial charge on any atom is -0.481 e. The average Bonchev–Trinajstić information content (AvgIpc) is 2.53. The number of carboxylic acid groups (broad SMARTS) is 1. The van der Waals surface area contributed by atoms with Crippen LogP contribution in [-0.2, 0) is 11.3 Å². The molecule has 3 heteroatoms. The molecular weight excluding hydrogens is 202 g/mol. The molecule has 1 heterocycles. The van der Waals surface area contributed by atoms with Crippen LogP contribution in [0, 0.1) is 13.8 Å². The Balaban J connectivity index is 2.14. The molecule has 0 aliphatic heterocycles. The number of carbonyl (C=O) groups is 1. The number of carboxylic acids is 1. The minimum atomic E-state index is -0.683. The number of aromatic nitrogens is 1. The summed E-state index contributed by atoms with van der Waals surface area (Å²) in [5.41, 5.74) is 2.62. The smallest absolute Gasteiger partial charge is 0.303 e. The maximum atomic E-state index is 10.3. The Morgan fingerprint density at radius 3 is 2.25 bits per heavy atom. The van der Waals surface area contributed by atoms with E-state index in [1.165, 1.54) is 11.4 Å². The van der Waals surface area contributed by atoms with Gasteiger partial charge in [-0.1, -0.05) is 12.8 Å². The summed E-state index contributed by atoms with van der Waals surface area (Å²) >= 11 is 0. The summed E-state index contributed by atoms with van der Waals surface area (Å²) in [5, 5.41) is 8.49. The molecule has 0 bridgehead atoms. The van der Waals surface area contributed by atoms with Crippen LogP contribution in [0.1, 0.15) is 43.5 Å².